The van der Waals surface area contributed by atoms with Crippen LogP contribution < -0.4 is 10.1 Å². The van der Waals surface area contributed by atoms with Gasteiger partial charge in [-0.1, -0.05) is 11.6 Å². The SMILES string of the molecule is O=C(COc1ccc(Cl)c(F)c1)NC1CC2(c3nnc(C4(F)CC4)o3)CCC12. The van der Waals surface area contributed by atoms with E-state index in [2.05, 4.69) is 15.5 Å². The van der Waals surface area contributed by atoms with Gasteiger partial charge < -0.3 is 14.5 Å². The van der Waals surface area contributed by atoms with Gasteiger partial charge in [0.25, 0.3) is 11.8 Å². The number of ether oxygens (including phenoxy) is 1. The third kappa shape index (κ3) is 2.77. The zero-order valence-corrected chi connectivity index (χ0v) is 15.6. The van der Waals surface area contributed by atoms with Gasteiger partial charge in [0, 0.05) is 12.1 Å². The molecule has 3 aliphatic carbocycles. The quantitative estimate of drug-likeness (QED) is 0.790. The summed E-state index contributed by atoms with van der Waals surface area (Å²) in [6.45, 7) is -0.216. The van der Waals surface area contributed by atoms with Crippen LogP contribution in [0, 0.1) is 11.7 Å². The lowest BCUT2D eigenvalue weighted by Crippen LogP contribution is -2.67. The summed E-state index contributed by atoms with van der Waals surface area (Å²) in [4.78, 5) is 12.2. The van der Waals surface area contributed by atoms with Crippen molar-refractivity contribution in [3.05, 3.63) is 40.8 Å². The molecule has 6 nitrogen and oxygen atoms in total. The lowest BCUT2D eigenvalue weighted by molar-refractivity contribution is -0.129. The molecule has 0 aliphatic heterocycles. The van der Waals surface area contributed by atoms with Crippen LogP contribution in [0.25, 0.3) is 0 Å². The van der Waals surface area contributed by atoms with E-state index >= 15 is 0 Å². The number of fused-ring (bicyclic) bond motifs is 1. The minimum absolute atomic E-state index is 0.00265. The fourth-order valence-corrected chi connectivity index (χ4v) is 4.39. The Morgan fingerprint density at radius 2 is 2.11 bits per heavy atom. The molecule has 5 rings (SSSR count). The van der Waals surface area contributed by atoms with Gasteiger partial charge in [-0.3, -0.25) is 4.79 Å². The van der Waals surface area contributed by atoms with Gasteiger partial charge in [-0.2, -0.15) is 0 Å². The van der Waals surface area contributed by atoms with Crippen LogP contribution in [-0.4, -0.2) is 28.8 Å². The van der Waals surface area contributed by atoms with Crippen LogP contribution >= 0.6 is 11.6 Å². The Balaban J connectivity index is 1.16. The normalized spacial score (nSPS) is 29.2. The number of nitrogens with one attached hydrogen (secondary N) is 1. The molecule has 3 unspecified atom stereocenters. The number of aromatic nitrogens is 2. The number of carbonyl (C=O) groups is 1. The molecule has 0 spiro atoms. The molecular weight excluding hydrogens is 392 g/mol. The molecule has 28 heavy (non-hydrogen) atoms. The molecule has 1 aromatic carbocycles. The summed E-state index contributed by atoms with van der Waals surface area (Å²) in [5.74, 6) is 0.125. The molecule has 3 atom stereocenters. The second-order valence-electron chi connectivity index (χ2n) is 7.92. The van der Waals surface area contributed by atoms with Crippen molar-refractivity contribution in [2.45, 2.75) is 49.2 Å². The van der Waals surface area contributed by atoms with E-state index in [-0.39, 0.29) is 46.6 Å². The highest BCUT2D eigenvalue weighted by atomic mass is 35.5. The number of benzene rings is 1. The van der Waals surface area contributed by atoms with Crippen LogP contribution in [0.5, 0.6) is 5.75 Å². The average molecular weight is 410 g/mol. The molecule has 0 radical (unpaired) electrons. The van der Waals surface area contributed by atoms with Gasteiger partial charge in [-0.25, -0.2) is 8.78 Å². The molecule has 1 heterocycles. The highest BCUT2D eigenvalue weighted by Crippen LogP contribution is 2.62. The van der Waals surface area contributed by atoms with Crippen LogP contribution in [0.4, 0.5) is 8.78 Å². The topological polar surface area (TPSA) is 77.2 Å². The largest absolute Gasteiger partial charge is 0.484 e. The summed E-state index contributed by atoms with van der Waals surface area (Å²) in [5, 5.41) is 10.9. The number of halogens is 3. The maximum Gasteiger partial charge on any atom is 0.258 e. The fourth-order valence-electron chi connectivity index (χ4n) is 4.27. The van der Waals surface area contributed by atoms with Gasteiger partial charge in [0.05, 0.1) is 10.4 Å². The highest BCUT2D eigenvalue weighted by Gasteiger charge is 2.64. The lowest BCUT2D eigenvalue weighted by atomic mass is 9.45. The summed E-state index contributed by atoms with van der Waals surface area (Å²) in [6, 6.07) is 4.01. The fraction of sp³-hybridized carbons (Fsp3) is 0.526. The van der Waals surface area contributed by atoms with Gasteiger partial charge in [0.1, 0.15) is 11.6 Å². The van der Waals surface area contributed by atoms with Crippen molar-refractivity contribution >= 4 is 17.5 Å². The Hall–Kier alpha value is -2.22. The third-order valence-electron chi connectivity index (χ3n) is 6.21. The van der Waals surface area contributed by atoms with Gasteiger partial charge in [0.2, 0.25) is 5.89 Å². The summed E-state index contributed by atoms with van der Waals surface area (Å²) in [7, 11) is 0. The number of carbonyl (C=O) groups excluding carboxylic acids is 1. The van der Waals surface area contributed by atoms with E-state index < -0.39 is 11.5 Å². The first kappa shape index (κ1) is 17.8. The van der Waals surface area contributed by atoms with E-state index in [9.17, 15) is 13.6 Å². The van der Waals surface area contributed by atoms with Gasteiger partial charge in [-0.15, -0.1) is 10.2 Å². The first-order valence-corrected chi connectivity index (χ1v) is 9.68. The molecule has 1 aromatic heterocycles. The first-order valence-electron chi connectivity index (χ1n) is 9.30. The minimum atomic E-state index is -1.43. The number of rotatable bonds is 6. The molecule has 1 N–H and O–H groups in total. The molecular formula is C19H18ClF2N3O3. The Kier molecular flexibility index (Phi) is 3.91. The Labute approximate surface area is 164 Å². The number of amides is 1. The van der Waals surface area contributed by atoms with E-state index in [4.69, 9.17) is 20.8 Å². The molecule has 3 saturated carbocycles. The summed E-state index contributed by atoms with van der Waals surface area (Å²) in [5.41, 5.74) is -1.68. The van der Waals surface area contributed by atoms with E-state index in [1.807, 2.05) is 0 Å². The zero-order valence-electron chi connectivity index (χ0n) is 14.9. The second-order valence-corrected chi connectivity index (χ2v) is 8.33. The molecule has 9 heteroatoms. The molecule has 2 aromatic rings. The Bertz CT molecular complexity index is 948. The Morgan fingerprint density at radius 1 is 1.32 bits per heavy atom. The van der Waals surface area contributed by atoms with Crippen LogP contribution in [0.15, 0.2) is 22.6 Å². The molecule has 148 valence electrons. The zero-order chi connectivity index (χ0) is 19.5. The van der Waals surface area contributed by atoms with E-state index in [0.29, 0.717) is 25.2 Å². The van der Waals surface area contributed by atoms with Crippen molar-refractivity contribution in [3.63, 3.8) is 0 Å². The molecule has 0 bridgehead atoms. The van der Waals surface area contributed by atoms with Gasteiger partial charge >= 0.3 is 0 Å². The van der Waals surface area contributed by atoms with Crippen molar-refractivity contribution in [1.29, 1.82) is 0 Å². The first-order chi connectivity index (χ1) is 13.4. The van der Waals surface area contributed by atoms with Gasteiger partial charge in [-0.05, 0) is 50.2 Å². The predicted octanol–water partition coefficient (Wildman–Crippen LogP) is 3.44. The van der Waals surface area contributed by atoms with E-state index in [1.54, 1.807) is 0 Å². The lowest BCUT2D eigenvalue weighted by Gasteiger charge is -2.61. The summed E-state index contributed by atoms with van der Waals surface area (Å²) in [6.07, 6.45) is 3.38. The minimum Gasteiger partial charge on any atom is -0.484 e. The van der Waals surface area contributed by atoms with Crippen molar-refractivity contribution in [2.24, 2.45) is 5.92 Å². The number of nitrogens with zero attached hydrogens (tertiary/aromatic N) is 2. The van der Waals surface area contributed by atoms with Crippen molar-refractivity contribution < 1.29 is 22.7 Å². The molecule has 1 amide bonds. The summed E-state index contributed by atoms with van der Waals surface area (Å²) >= 11 is 5.62. The van der Waals surface area contributed by atoms with Crippen molar-refractivity contribution in [3.8, 4) is 5.75 Å². The Morgan fingerprint density at radius 3 is 2.75 bits per heavy atom. The van der Waals surface area contributed by atoms with Crippen LogP contribution in [0.2, 0.25) is 5.02 Å². The van der Waals surface area contributed by atoms with Crippen LogP contribution in [0.1, 0.15) is 43.9 Å². The maximum absolute atomic E-state index is 14.1. The number of hydrogen-bond acceptors (Lipinski definition) is 5. The molecule has 3 fully saturated rings. The predicted molar refractivity (Wildman–Crippen MR) is 94.2 cm³/mol. The van der Waals surface area contributed by atoms with Crippen LogP contribution in [-0.2, 0) is 15.9 Å². The average Bonchev–Trinajstić information content (AvgIpc) is 3.20. The third-order valence-corrected chi connectivity index (χ3v) is 6.52. The smallest absolute Gasteiger partial charge is 0.258 e. The maximum atomic E-state index is 14.1. The van der Waals surface area contributed by atoms with E-state index in [0.717, 1.165) is 18.9 Å². The van der Waals surface area contributed by atoms with Gasteiger partial charge in [0.15, 0.2) is 12.3 Å². The number of alkyl halides is 1. The monoisotopic (exact) mass is 409 g/mol. The van der Waals surface area contributed by atoms with Crippen molar-refractivity contribution in [2.75, 3.05) is 6.61 Å². The number of hydrogen-bond donors (Lipinski definition) is 1. The molecule has 3 aliphatic rings. The second kappa shape index (κ2) is 6.14. The summed E-state index contributed by atoms with van der Waals surface area (Å²) < 4.78 is 38.5. The highest BCUT2D eigenvalue weighted by molar-refractivity contribution is 6.30. The van der Waals surface area contributed by atoms with Crippen molar-refractivity contribution in [1.82, 2.24) is 15.5 Å². The molecule has 0 saturated heterocycles. The van der Waals surface area contributed by atoms with E-state index in [1.165, 1.54) is 12.1 Å². The van der Waals surface area contributed by atoms with Crippen LogP contribution in [0.3, 0.4) is 0 Å². The standard InChI is InChI=1S/C19H18ClF2N3O3/c20-12-2-1-10(7-13(12)21)27-9-15(26)23-14-8-18(4-3-11(14)18)16-24-25-17(28-16)19(22)5-6-19/h1-2,7,11,14H,3-6,8-9H2,(H,23,26).